The maximum absolute atomic E-state index is 12.4. The number of rotatable bonds is 7. The van der Waals surface area contributed by atoms with Gasteiger partial charge >= 0.3 is 6.09 Å². The van der Waals surface area contributed by atoms with E-state index in [1.807, 2.05) is 31.2 Å². The van der Waals surface area contributed by atoms with Crippen LogP contribution in [0.5, 0.6) is 0 Å². The molecule has 0 spiro atoms. The zero-order chi connectivity index (χ0) is 19.0. The van der Waals surface area contributed by atoms with E-state index in [1.165, 1.54) is 0 Å². The highest BCUT2D eigenvalue weighted by Crippen LogP contribution is 2.38. The molecular weight excluding hydrogens is 328 g/mol. The van der Waals surface area contributed by atoms with E-state index in [1.54, 1.807) is 6.08 Å². The summed E-state index contributed by atoms with van der Waals surface area (Å²) in [6.07, 6.45) is 5.28. The third-order valence-electron chi connectivity index (χ3n) is 5.22. The van der Waals surface area contributed by atoms with Crippen molar-refractivity contribution in [2.45, 2.75) is 39.5 Å². The van der Waals surface area contributed by atoms with Gasteiger partial charge in [-0.25, -0.2) is 4.79 Å². The summed E-state index contributed by atoms with van der Waals surface area (Å²) in [4.78, 5) is 23.9. The summed E-state index contributed by atoms with van der Waals surface area (Å²) in [6, 6.07) is 7.64. The van der Waals surface area contributed by atoms with Gasteiger partial charge in [0.05, 0.1) is 6.61 Å². The van der Waals surface area contributed by atoms with Gasteiger partial charge < -0.3 is 15.4 Å². The molecule has 1 aromatic carbocycles. The van der Waals surface area contributed by atoms with Crippen LogP contribution in [0.25, 0.3) is 0 Å². The van der Waals surface area contributed by atoms with Crippen LogP contribution >= 0.6 is 0 Å². The number of ether oxygens (including phenoxy) is 1. The van der Waals surface area contributed by atoms with E-state index in [2.05, 4.69) is 24.1 Å². The van der Waals surface area contributed by atoms with Crippen LogP contribution in [0.3, 0.4) is 0 Å². The number of alkyl carbamates (subject to hydrolysis) is 1. The van der Waals surface area contributed by atoms with Crippen molar-refractivity contribution in [3.05, 3.63) is 48.0 Å². The Balaban J connectivity index is 1.74. The van der Waals surface area contributed by atoms with Crippen molar-refractivity contribution in [1.82, 2.24) is 10.6 Å². The average Bonchev–Trinajstić information content (AvgIpc) is 2.64. The number of aryl methyl sites for hydroxylation is 1. The Labute approximate surface area is 156 Å². The quantitative estimate of drug-likeness (QED) is 0.728. The van der Waals surface area contributed by atoms with Crippen LogP contribution in [0.15, 0.2) is 36.9 Å². The Morgan fingerprint density at radius 2 is 1.96 bits per heavy atom. The highest BCUT2D eigenvalue weighted by Gasteiger charge is 2.32. The van der Waals surface area contributed by atoms with Crippen LogP contribution in [0, 0.1) is 18.3 Å². The number of nitrogens with one attached hydrogen (secondary N) is 2. The zero-order valence-electron chi connectivity index (χ0n) is 15.8. The summed E-state index contributed by atoms with van der Waals surface area (Å²) in [6.45, 7) is 9.27. The third-order valence-corrected chi connectivity index (χ3v) is 5.22. The lowest BCUT2D eigenvalue weighted by atomic mass is 9.72. The lowest BCUT2D eigenvalue weighted by molar-refractivity contribution is 0.0814. The number of benzene rings is 1. The van der Waals surface area contributed by atoms with Crippen LogP contribution in [-0.2, 0) is 4.74 Å². The first kappa shape index (κ1) is 20.0. The number of carbonyl (C=O) groups is 2. The van der Waals surface area contributed by atoms with E-state index >= 15 is 0 Å². The van der Waals surface area contributed by atoms with Crippen LogP contribution in [0.1, 0.15) is 48.5 Å². The van der Waals surface area contributed by atoms with Crippen molar-refractivity contribution >= 4 is 12.0 Å². The highest BCUT2D eigenvalue weighted by atomic mass is 16.5. The van der Waals surface area contributed by atoms with Gasteiger partial charge in [-0.3, -0.25) is 4.79 Å². The van der Waals surface area contributed by atoms with Gasteiger partial charge in [-0.1, -0.05) is 31.2 Å². The summed E-state index contributed by atoms with van der Waals surface area (Å²) in [5.41, 5.74) is 1.83. The van der Waals surface area contributed by atoms with Crippen LogP contribution < -0.4 is 10.6 Å². The molecule has 5 nitrogen and oxygen atoms in total. The van der Waals surface area contributed by atoms with Crippen molar-refractivity contribution in [2.75, 3.05) is 19.7 Å². The van der Waals surface area contributed by atoms with Gasteiger partial charge in [-0.05, 0) is 55.6 Å². The number of hydrogen-bond acceptors (Lipinski definition) is 3. The van der Waals surface area contributed by atoms with Crippen molar-refractivity contribution < 1.29 is 14.3 Å². The zero-order valence-corrected chi connectivity index (χ0v) is 15.8. The van der Waals surface area contributed by atoms with Gasteiger partial charge in [0.15, 0.2) is 0 Å². The van der Waals surface area contributed by atoms with Gasteiger partial charge in [0.1, 0.15) is 0 Å². The molecule has 0 saturated heterocycles. The fourth-order valence-electron chi connectivity index (χ4n) is 3.33. The van der Waals surface area contributed by atoms with E-state index in [-0.39, 0.29) is 17.4 Å². The molecule has 142 valence electrons. The lowest BCUT2D eigenvalue weighted by Gasteiger charge is -2.37. The minimum Gasteiger partial charge on any atom is -0.449 e. The standard InChI is InChI=1S/C21H30N2O3/c1-4-13-22-20(25)26-14-17-9-11-21(3,12-10-17)15-23-19(24)18-8-6-5-7-16(18)2/h4-8,17H,1,9-15H2,2-3H3,(H,22,25)(H,23,24). The molecule has 1 fully saturated rings. The van der Waals surface area contributed by atoms with E-state index in [0.29, 0.717) is 25.6 Å². The van der Waals surface area contributed by atoms with Gasteiger partial charge in [0.25, 0.3) is 5.91 Å². The Hall–Kier alpha value is -2.30. The predicted molar refractivity (Wildman–Crippen MR) is 103 cm³/mol. The summed E-state index contributed by atoms with van der Waals surface area (Å²) < 4.78 is 5.25. The van der Waals surface area contributed by atoms with Crippen LogP contribution in [0.4, 0.5) is 4.79 Å². The third kappa shape index (κ3) is 5.90. The van der Waals surface area contributed by atoms with Crippen molar-refractivity contribution in [3.63, 3.8) is 0 Å². The Morgan fingerprint density at radius 3 is 2.62 bits per heavy atom. The Bertz CT molecular complexity index is 634. The minimum absolute atomic E-state index is 0.00586. The van der Waals surface area contributed by atoms with Gasteiger partial charge in [0, 0.05) is 18.7 Å². The minimum atomic E-state index is -0.385. The molecule has 1 saturated carbocycles. The molecule has 2 rings (SSSR count). The van der Waals surface area contributed by atoms with E-state index in [0.717, 1.165) is 36.8 Å². The molecule has 1 aliphatic rings. The second-order valence-corrected chi connectivity index (χ2v) is 7.52. The predicted octanol–water partition coefficient (Wildman–Crippen LogP) is 3.83. The molecule has 1 aliphatic carbocycles. The first-order valence-corrected chi connectivity index (χ1v) is 9.29. The van der Waals surface area contributed by atoms with Gasteiger partial charge in [-0.15, -0.1) is 6.58 Å². The molecule has 1 aromatic rings. The molecule has 0 aliphatic heterocycles. The molecule has 26 heavy (non-hydrogen) atoms. The maximum atomic E-state index is 12.4. The molecule has 0 heterocycles. The second-order valence-electron chi connectivity index (χ2n) is 7.52. The molecule has 0 bridgehead atoms. The molecular formula is C21H30N2O3. The average molecular weight is 358 g/mol. The maximum Gasteiger partial charge on any atom is 0.407 e. The summed E-state index contributed by atoms with van der Waals surface area (Å²) in [7, 11) is 0. The highest BCUT2D eigenvalue weighted by molar-refractivity contribution is 5.95. The summed E-state index contributed by atoms with van der Waals surface area (Å²) in [5, 5.41) is 5.71. The molecule has 2 N–H and O–H groups in total. The smallest absolute Gasteiger partial charge is 0.407 e. The molecule has 2 amide bonds. The molecule has 5 heteroatoms. The fraction of sp³-hybridized carbons (Fsp3) is 0.524. The van der Waals surface area contributed by atoms with Crippen molar-refractivity contribution in [1.29, 1.82) is 0 Å². The largest absolute Gasteiger partial charge is 0.449 e. The number of carbonyl (C=O) groups excluding carboxylic acids is 2. The topological polar surface area (TPSA) is 67.4 Å². The van der Waals surface area contributed by atoms with E-state index in [4.69, 9.17) is 4.74 Å². The number of amides is 2. The van der Waals surface area contributed by atoms with Crippen molar-refractivity contribution in [2.24, 2.45) is 11.3 Å². The Morgan fingerprint density at radius 1 is 1.27 bits per heavy atom. The normalized spacial score (nSPS) is 22.3. The van der Waals surface area contributed by atoms with Crippen LogP contribution in [-0.4, -0.2) is 31.7 Å². The lowest BCUT2D eigenvalue weighted by Crippen LogP contribution is -2.39. The fourth-order valence-corrected chi connectivity index (χ4v) is 3.33. The van der Waals surface area contributed by atoms with Gasteiger partial charge in [0.2, 0.25) is 0 Å². The van der Waals surface area contributed by atoms with E-state index in [9.17, 15) is 9.59 Å². The molecule has 0 radical (unpaired) electrons. The monoisotopic (exact) mass is 358 g/mol. The molecule has 0 atom stereocenters. The first-order valence-electron chi connectivity index (χ1n) is 9.29. The van der Waals surface area contributed by atoms with Gasteiger partial charge in [-0.2, -0.15) is 0 Å². The Kier molecular flexibility index (Phi) is 7.25. The summed E-state index contributed by atoms with van der Waals surface area (Å²) >= 11 is 0. The molecule has 0 unspecified atom stereocenters. The van der Waals surface area contributed by atoms with Crippen LogP contribution in [0.2, 0.25) is 0 Å². The number of hydrogen-bond donors (Lipinski definition) is 2. The first-order chi connectivity index (χ1) is 12.4. The molecule has 0 aromatic heterocycles. The summed E-state index contributed by atoms with van der Waals surface area (Å²) in [5.74, 6) is 0.387. The second kappa shape index (κ2) is 9.41. The SMILES string of the molecule is C=CCNC(=O)OCC1CCC(C)(CNC(=O)c2ccccc2C)CC1. The van der Waals surface area contributed by atoms with Crippen molar-refractivity contribution in [3.8, 4) is 0 Å². The van der Waals surface area contributed by atoms with E-state index < -0.39 is 0 Å².